The molecule has 0 aliphatic carbocycles. The minimum atomic E-state index is 0.719. The molecule has 130 valence electrons. The maximum atomic E-state index is 4.57. The maximum absolute atomic E-state index is 4.57. The number of hydrogen-bond acceptors (Lipinski definition) is 5. The molecule has 0 saturated carbocycles. The Balaban J connectivity index is 1.71. The van der Waals surface area contributed by atoms with Gasteiger partial charge in [0.15, 0.2) is 11.5 Å². The number of fused-ring (bicyclic) bond motifs is 1. The zero-order valence-corrected chi connectivity index (χ0v) is 15.5. The molecule has 0 aliphatic rings. The maximum Gasteiger partial charge on any atom is 0.180 e. The average molecular weight is 362 g/mol. The van der Waals surface area contributed by atoms with E-state index in [2.05, 4.69) is 53.4 Å². The van der Waals surface area contributed by atoms with Gasteiger partial charge in [0, 0.05) is 48.3 Å². The van der Waals surface area contributed by atoms with Crippen LogP contribution < -0.4 is 9.99 Å². The van der Waals surface area contributed by atoms with Crippen LogP contribution in [0.4, 0.5) is 17.2 Å². The molecule has 3 heterocycles. The summed E-state index contributed by atoms with van der Waals surface area (Å²) in [6.45, 7) is 3.03. The minimum Gasteiger partial charge on any atom is -0.356 e. The van der Waals surface area contributed by atoms with E-state index in [4.69, 9.17) is 0 Å². The minimum absolute atomic E-state index is 0.719. The van der Waals surface area contributed by atoms with Crippen LogP contribution in [0.15, 0.2) is 67.4 Å². The number of imidazole rings is 1. The largest absolute Gasteiger partial charge is 0.356 e. The van der Waals surface area contributed by atoms with E-state index in [0.29, 0.717) is 0 Å². The zero-order valence-electron chi connectivity index (χ0n) is 14.4. The molecule has 0 bridgehead atoms. The molecule has 26 heavy (non-hydrogen) atoms. The van der Waals surface area contributed by atoms with Crippen molar-refractivity contribution in [3.63, 3.8) is 0 Å². The predicted molar refractivity (Wildman–Crippen MR) is 109 cm³/mol. The smallest absolute Gasteiger partial charge is 0.180 e. The number of aromatic nitrogens is 4. The van der Waals surface area contributed by atoms with Crippen molar-refractivity contribution in [1.82, 2.24) is 19.4 Å². The normalized spacial score (nSPS) is 10.8. The van der Waals surface area contributed by atoms with Crippen LogP contribution in [-0.2, 0) is 0 Å². The summed E-state index contributed by atoms with van der Waals surface area (Å²) >= 11 is 0. The summed E-state index contributed by atoms with van der Waals surface area (Å²) in [5.74, 6) is 0.719. The molecule has 0 fully saturated rings. The fraction of sp³-hybridized carbons (Fsp3) is 0.105. The standard InChI is InChI=1S/C19H19N6P/c1-2-25(26)16-5-3-4-15(12-16)23-18-19-22-13-17(24(19)11-10-21-18)14-6-8-20-9-7-14/h3-13H,2,26H2,1H3,(H,21,23). The Bertz CT molecular complexity index is 1030. The highest BCUT2D eigenvalue weighted by Gasteiger charge is 2.11. The van der Waals surface area contributed by atoms with Gasteiger partial charge >= 0.3 is 0 Å². The van der Waals surface area contributed by atoms with Crippen LogP contribution in [0.3, 0.4) is 0 Å². The monoisotopic (exact) mass is 362 g/mol. The van der Waals surface area contributed by atoms with Crippen molar-refractivity contribution in [2.24, 2.45) is 0 Å². The Morgan fingerprint density at radius 1 is 1.12 bits per heavy atom. The lowest BCUT2D eigenvalue weighted by Gasteiger charge is -2.17. The van der Waals surface area contributed by atoms with Crippen LogP contribution in [0.1, 0.15) is 6.92 Å². The second kappa shape index (κ2) is 7.10. The molecule has 1 atom stereocenters. The van der Waals surface area contributed by atoms with Crippen molar-refractivity contribution < 1.29 is 0 Å². The highest BCUT2D eigenvalue weighted by atomic mass is 31.0. The van der Waals surface area contributed by atoms with Crippen molar-refractivity contribution in [3.05, 3.63) is 67.4 Å². The van der Waals surface area contributed by atoms with Crippen molar-refractivity contribution in [3.8, 4) is 11.3 Å². The number of anilines is 3. The van der Waals surface area contributed by atoms with E-state index in [9.17, 15) is 0 Å². The molecule has 4 rings (SSSR count). The van der Waals surface area contributed by atoms with Crippen LogP contribution in [0.5, 0.6) is 0 Å². The Hall–Kier alpha value is -2.98. The third-order valence-electron chi connectivity index (χ3n) is 4.19. The van der Waals surface area contributed by atoms with Gasteiger partial charge in [0.05, 0.1) is 11.9 Å². The van der Waals surface area contributed by atoms with E-state index in [1.54, 1.807) is 18.6 Å². The van der Waals surface area contributed by atoms with E-state index in [1.807, 2.05) is 41.1 Å². The number of pyridine rings is 1. The van der Waals surface area contributed by atoms with Crippen LogP contribution in [0.25, 0.3) is 16.9 Å². The summed E-state index contributed by atoms with van der Waals surface area (Å²) in [5.41, 5.74) is 4.94. The molecular formula is C19H19N6P. The summed E-state index contributed by atoms with van der Waals surface area (Å²) in [5, 5.41) is 3.39. The zero-order chi connectivity index (χ0) is 17.9. The lowest BCUT2D eigenvalue weighted by Crippen LogP contribution is -2.07. The van der Waals surface area contributed by atoms with Gasteiger partial charge in [-0.1, -0.05) is 6.07 Å². The summed E-state index contributed by atoms with van der Waals surface area (Å²) in [4.78, 5) is 13.1. The molecule has 3 aromatic heterocycles. The first-order valence-electron chi connectivity index (χ1n) is 8.38. The Morgan fingerprint density at radius 2 is 1.96 bits per heavy atom. The van der Waals surface area contributed by atoms with Gasteiger partial charge < -0.3 is 9.99 Å². The highest BCUT2D eigenvalue weighted by molar-refractivity contribution is 7.19. The number of hydrogen-bond donors (Lipinski definition) is 1. The first kappa shape index (κ1) is 16.5. The molecule has 1 aromatic carbocycles. The van der Waals surface area contributed by atoms with E-state index >= 15 is 0 Å². The van der Waals surface area contributed by atoms with E-state index in [-0.39, 0.29) is 0 Å². The molecule has 0 spiro atoms. The Morgan fingerprint density at radius 3 is 2.77 bits per heavy atom. The third kappa shape index (κ3) is 3.11. The molecule has 1 N–H and O–H groups in total. The van der Waals surface area contributed by atoms with E-state index in [0.717, 1.165) is 40.6 Å². The number of nitrogens with zero attached hydrogens (tertiary/aromatic N) is 5. The first-order chi connectivity index (χ1) is 12.8. The molecule has 7 heteroatoms. The van der Waals surface area contributed by atoms with E-state index < -0.39 is 0 Å². The summed E-state index contributed by atoms with van der Waals surface area (Å²) in [7, 11) is 2.73. The van der Waals surface area contributed by atoms with Crippen LogP contribution in [0, 0.1) is 0 Å². The molecule has 0 amide bonds. The quantitative estimate of drug-likeness (QED) is 0.541. The summed E-state index contributed by atoms with van der Waals surface area (Å²) < 4.78 is 4.14. The van der Waals surface area contributed by atoms with Gasteiger partial charge in [0.2, 0.25) is 0 Å². The average Bonchev–Trinajstić information content (AvgIpc) is 3.13. The molecule has 4 aromatic rings. The fourth-order valence-corrected chi connectivity index (χ4v) is 2.99. The number of nitrogens with one attached hydrogen (secondary N) is 1. The second-order valence-electron chi connectivity index (χ2n) is 5.81. The van der Waals surface area contributed by atoms with Crippen molar-refractivity contribution >= 4 is 32.2 Å². The van der Waals surface area contributed by atoms with Crippen molar-refractivity contribution in [1.29, 1.82) is 0 Å². The lowest BCUT2D eigenvalue weighted by molar-refractivity contribution is 1.11. The Labute approximate surface area is 154 Å². The number of rotatable bonds is 5. The van der Waals surface area contributed by atoms with Gasteiger partial charge in [-0.05, 0) is 46.6 Å². The molecule has 6 nitrogen and oxygen atoms in total. The fourth-order valence-electron chi connectivity index (χ4n) is 2.83. The van der Waals surface area contributed by atoms with Crippen LogP contribution >= 0.6 is 9.39 Å². The predicted octanol–water partition coefficient (Wildman–Crippen LogP) is 4.15. The highest BCUT2D eigenvalue weighted by Crippen LogP contribution is 2.27. The Kier molecular flexibility index (Phi) is 4.50. The van der Waals surface area contributed by atoms with Gasteiger partial charge in [-0.2, -0.15) is 0 Å². The molecular weight excluding hydrogens is 343 g/mol. The third-order valence-corrected chi connectivity index (χ3v) is 4.85. The summed E-state index contributed by atoms with van der Waals surface area (Å²) in [6.07, 6.45) is 9.11. The van der Waals surface area contributed by atoms with Crippen LogP contribution in [0.2, 0.25) is 0 Å². The van der Waals surface area contributed by atoms with Crippen LogP contribution in [-0.4, -0.2) is 25.9 Å². The molecule has 1 unspecified atom stereocenters. The number of benzene rings is 1. The van der Waals surface area contributed by atoms with E-state index in [1.165, 1.54) is 0 Å². The second-order valence-corrected chi connectivity index (χ2v) is 6.43. The van der Waals surface area contributed by atoms with Gasteiger partial charge in [-0.3, -0.25) is 9.38 Å². The first-order valence-corrected chi connectivity index (χ1v) is 8.89. The van der Waals surface area contributed by atoms with Gasteiger partial charge in [-0.15, -0.1) is 0 Å². The van der Waals surface area contributed by atoms with Crippen molar-refractivity contribution in [2.75, 3.05) is 16.5 Å². The SMILES string of the molecule is CCN(P)c1cccc(Nc2nccn3c(-c4ccncc4)cnc23)c1. The lowest BCUT2D eigenvalue weighted by atomic mass is 10.2. The molecule has 0 aliphatic heterocycles. The topological polar surface area (TPSA) is 58.4 Å². The summed E-state index contributed by atoms with van der Waals surface area (Å²) in [6, 6.07) is 12.2. The molecule has 0 saturated heterocycles. The molecule has 0 radical (unpaired) electrons. The van der Waals surface area contributed by atoms with Gasteiger partial charge in [0.1, 0.15) is 0 Å². The van der Waals surface area contributed by atoms with Gasteiger partial charge in [-0.25, -0.2) is 9.97 Å². The van der Waals surface area contributed by atoms with Gasteiger partial charge in [0.25, 0.3) is 0 Å². The van der Waals surface area contributed by atoms with Crippen molar-refractivity contribution in [2.45, 2.75) is 6.92 Å².